The molecular weight excluding hydrogens is 355 g/mol. The van der Waals surface area contributed by atoms with E-state index in [9.17, 15) is 18.8 Å². The first kappa shape index (κ1) is 18.3. The fourth-order valence-electron chi connectivity index (χ4n) is 2.69. The van der Waals surface area contributed by atoms with Crippen molar-refractivity contribution in [2.75, 3.05) is 11.9 Å². The van der Waals surface area contributed by atoms with Crippen molar-refractivity contribution in [3.05, 3.63) is 63.2 Å². The van der Waals surface area contributed by atoms with Gasteiger partial charge in [0.1, 0.15) is 23.5 Å². The normalized spacial score (nSPS) is 10.8. The Morgan fingerprint density at radius 1 is 1.26 bits per heavy atom. The van der Waals surface area contributed by atoms with Gasteiger partial charge in [0.15, 0.2) is 5.65 Å². The van der Waals surface area contributed by atoms with E-state index in [0.717, 1.165) is 9.13 Å². The Kier molecular flexibility index (Phi) is 5.02. The topological polar surface area (TPSA) is 95.2 Å². The number of ether oxygens (including phenoxy) is 1. The predicted octanol–water partition coefficient (Wildman–Crippen LogP) is 1.27. The highest BCUT2D eigenvalue weighted by Crippen LogP contribution is 2.19. The minimum Gasteiger partial charge on any atom is -0.493 e. The average Bonchev–Trinajstić information content (AvgIpc) is 2.65. The number of carbonyl (C=O) groups excluding carboxylic acids is 1. The molecule has 2 heterocycles. The number of pyridine rings is 1. The van der Waals surface area contributed by atoms with Gasteiger partial charge in [-0.2, -0.15) is 0 Å². The molecule has 0 fully saturated rings. The molecule has 2 aromatic heterocycles. The van der Waals surface area contributed by atoms with Crippen LogP contribution in [0.25, 0.3) is 11.0 Å². The molecule has 3 aromatic rings. The number of aromatic nitrogens is 3. The molecule has 0 spiro atoms. The molecular formula is C18H17FN4O4. The van der Waals surface area contributed by atoms with E-state index in [-0.39, 0.29) is 22.5 Å². The quantitative estimate of drug-likeness (QED) is 0.728. The summed E-state index contributed by atoms with van der Waals surface area (Å²) in [6.07, 6.45) is 1.43. The molecule has 0 bridgehead atoms. The van der Waals surface area contributed by atoms with Crippen molar-refractivity contribution in [1.29, 1.82) is 0 Å². The first-order valence-electron chi connectivity index (χ1n) is 8.19. The third-order valence-corrected chi connectivity index (χ3v) is 3.94. The van der Waals surface area contributed by atoms with Gasteiger partial charge in [-0.25, -0.2) is 18.7 Å². The van der Waals surface area contributed by atoms with Gasteiger partial charge in [-0.15, -0.1) is 0 Å². The summed E-state index contributed by atoms with van der Waals surface area (Å²) in [5.74, 6) is -1.06. The molecule has 0 unspecified atom stereocenters. The number of nitrogens with one attached hydrogen (secondary N) is 1. The van der Waals surface area contributed by atoms with Crippen molar-refractivity contribution in [3.63, 3.8) is 0 Å². The Morgan fingerprint density at radius 3 is 2.70 bits per heavy atom. The molecule has 0 saturated heterocycles. The highest BCUT2D eigenvalue weighted by atomic mass is 19.1. The molecule has 1 N–H and O–H groups in total. The number of nitrogens with zero attached hydrogens (tertiary/aromatic N) is 3. The van der Waals surface area contributed by atoms with E-state index in [1.54, 1.807) is 13.0 Å². The molecule has 3 rings (SSSR count). The van der Waals surface area contributed by atoms with Crippen molar-refractivity contribution in [1.82, 2.24) is 14.1 Å². The Labute approximate surface area is 152 Å². The standard InChI is InChI=1S/C18H17FN4O4/c1-3-27-13-8-9-20-16-15(13)17(25)23(18(26)22(16)2)10-14(24)21-12-7-5-4-6-11(12)19/h4-9H,3,10H2,1-2H3,(H,21,24). The van der Waals surface area contributed by atoms with Crippen molar-refractivity contribution in [3.8, 4) is 5.75 Å². The molecule has 0 aliphatic rings. The average molecular weight is 372 g/mol. The summed E-state index contributed by atoms with van der Waals surface area (Å²) < 4.78 is 21.1. The predicted molar refractivity (Wildman–Crippen MR) is 97.4 cm³/mol. The van der Waals surface area contributed by atoms with E-state index in [1.165, 1.54) is 37.5 Å². The van der Waals surface area contributed by atoms with Gasteiger partial charge >= 0.3 is 5.69 Å². The first-order valence-corrected chi connectivity index (χ1v) is 8.19. The van der Waals surface area contributed by atoms with Gasteiger partial charge in [0, 0.05) is 13.2 Å². The van der Waals surface area contributed by atoms with Crippen molar-refractivity contribution >= 4 is 22.6 Å². The van der Waals surface area contributed by atoms with Crippen LogP contribution in [0.3, 0.4) is 0 Å². The third-order valence-electron chi connectivity index (χ3n) is 3.94. The zero-order valence-electron chi connectivity index (χ0n) is 14.7. The Balaban J connectivity index is 2.05. The molecule has 1 aromatic carbocycles. The number of rotatable bonds is 5. The summed E-state index contributed by atoms with van der Waals surface area (Å²) in [6.45, 7) is 1.50. The molecule has 0 aliphatic heterocycles. The van der Waals surface area contributed by atoms with Crippen LogP contribution in [-0.4, -0.2) is 26.6 Å². The summed E-state index contributed by atoms with van der Waals surface area (Å²) in [5.41, 5.74) is -1.29. The molecule has 140 valence electrons. The summed E-state index contributed by atoms with van der Waals surface area (Å²) in [5, 5.41) is 2.45. The summed E-state index contributed by atoms with van der Waals surface area (Å²) >= 11 is 0. The summed E-state index contributed by atoms with van der Waals surface area (Å²) in [7, 11) is 1.44. The number of para-hydroxylation sites is 1. The molecule has 0 aliphatic carbocycles. The number of amides is 1. The van der Waals surface area contributed by atoms with Gasteiger partial charge in [0.05, 0.1) is 12.3 Å². The lowest BCUT2D eigenvalue weighted by Gasteiger charge is -2.13. The first-order chi connectivity index (χ1) is 12.9. The molecule has 0 atom stereocenters. The van der Waals surface area contributed by atoms with Crippen LogP contribution in [0, 0.1) is 5.82 Å². The van der Waals surface area contributed by atoms with E-state index < -0.39 is 29.5 Å². The number of aryl methyl sites for hydroxylation is 1. The number of fused-ring (bicyclic) bond motifs is 1. The van der Waals surface area contributed by atoms with E-state index in [4.69, 9.17) is 4.74 Å². The number of hydrogen-bond acceptors (Lipinski definition) is 5. The maximum atomic E-state index is 13.7. The Hall–Kier alpha value is -3.49. The van der Waals surface area contributed by atoms with Crippen molar-refractivity contribution in [2.24, 2.45) is 7.05 Å². The molecule has 27 heavy (non-hydrogen) atoms. The second kappa shape index (κ2) is 7.40. The van der Waals surface area contributed by atoms with Crippen LogP contribution >= 0.6 is 0 Å². The minimum atomic E-state index is -0.711. The fourth-order valence-corrected chi connectivity index (χ4v) is 2.69. The lowest BCUT2D eigenvalue weighted by atomic mass is 10.3. The Morgan fingerprint density at radius 2 is 2.00 bits per heavy atom. The van der Waals surface area contributed by atoms with Crippen LogP contribution in [-0.2, 0) is 18.4 Å². The van der Waals surface area contributed by atoms with Crippen LogP contribution in [0.2, 0.25) is 0 Å². The molecule has 8 nitrogen and oxygen atoms in total. The van der Waals surface area contributed by atoms with Gasteiger partial charge in [0.2, 0.25) is 5.91 Å². The molecule has 9 heteroatoms. The number of benzene rings is 1. The number of halogens is 1. The van der Waals surface area contributed by atoms with Crippen LogP contribution in [0.5, 0.6) is 5.75 Å². The summed E-state index contributed by atoms with van der Waals surface area (Å²) in [4.78, 5) is 41.7. The van der Waals surface area contributed by atoms with Gasteiger partial charge in [-0.1, -0.05) is 12.1 Å². The molecule has 0 saturated carbocycles. The lowest BCUT2D eigenvalue weighted by molar-refractivity contribution is -0.116. The van der Waals surface area contributed by atoms with Crippen molar-refractivity contribution in [2.45, 2.75) is 13.5 Å². The number of hydrogen-bond donors (Lipinski definition) is 1. The van der Waals surface area contributed by atoms with E-state index in [2.05, 4.69) is 10.3 Å². The fraction of sp³-hybridized carbons (Fsp3) is 0.222. The van der Waals surface area contributed by atoms with Crippen LogP contribution in [0.4, 0.5) is 10.1 Å². The molecule has 0 radical (unpaired) electrons. The molecule has 1 amide bonds. The van der Waals surface area contributed by atoms with Gasteiger partial charge < -0.3 is 10.1 Å². The largest absolute Gasteiger partial charge is 0.493 e. The van der Waals surface area contributed by atoms with Crippen LogP contribution in [0.1, 0.15) is 6.92 Å². The SMILES string of the molecule is CCOc1ccnc2c1c(=O)n(CC(=O)Nc1ccccc1F)c(=O)n2C. The van der Waals surface area contributed by atoms with Gasteiger partial charge in [-0.05, 0) is 25.1 Å². The summed E-state index contributed by atoms with van der Waals surface area (Å²) in [6, 6.07) is 7.13. The minimum absolute atomic E-state index is 0.0372. The smallest absolute Gasteiger partial charge is 0.332 e. The highest BCUT2D eigenvalue weighted by Gasteiger charge is 2.18. The third kappa shape index (κ3) is 3.43. The second-order valence-corrected chi connectivity index (χ2v) is 5.70. The van der Waals surface area contributed by atoms with Crippen molar-refractivity contribution < 1.29 is 13.9 Å². The van der Waals surface area contributed by atoms with Gasteiger partial charge in [-0.3, -0.25) is 14.2 Å². The van der Waals surface area contributed by atoms with Gasteiger partial charge in [0.25, 0.3) is 5.56 Å². The number of carbonyl (C=O) groups is 1. The van der Waals surface area contributed by atoms with Crippen LogP contribution < -0.4 is 21.3 Å². The highest BCUT2D eigenvalue weighted by molar-refractivity contribution is 5.91. The van der Waals surface area contributed by atoms with E-state index >= 15 is 0 Å². The second-order valence-electron chi connectivity index (χ2n) is 5.70. The van der Waals surface area contributed by atoms with Crippen LogP contribution in [0.15, 0.2) is 46.1 Å². The Bertz CT molecular complexity index is 1140. The zero-order valence-corrected chi connectivity index (χ0v) is 14.7. The van der Waals surface area contributed by atoms with E-state index in [0.29, 0.717) is 6.61 Å². The monoisotopic (exact) mass is 372 g/mol. The maximum absolute atomic E-state index is 13.7. The number of anilines is 1. The maximum Gasteiger partial charge on any atom is 0.332 e. The van der Waals surface area contributed by atoms with E-state index in [1.807, 2.05) is 0 Å². The lowest BCUT2D eigenvalue weighted by Crippen LogP contribution is -2.42. The zero-order chi connectivity index (χ0) is 19.6.